The van der Waals surface area contributed by atoms with Crippen molar-refractivity contribution in [3.8, 4) is 0 Å². The molecule has 2 aliphatic heterocycles. The molecule has 2 saturated heterocycles. The Kier molecular flexibility index (Phi) is 5.83. The van der Waals surface area contributed by atoms with Gasteiger partial charge in [0.15, 0.2) is 0 Å². The van der Waals surface area contributed by atoms with Crippen molar-refractivity contribution in [1.29, 1.82) is 0 Å². The van der Waals surface area contributed by atoms with Crippen molar-refractivity contribution in [1.82, 2.24) is 10.2 Å². The van der Waals surface area contributed by atoms with Gasteiger partial charge in [0.2, 0.25) is 5.91 Å². The van der Waals surface area contributed by atoms with Crippen molar-refractivity contribution in [3.63, 3.8) is 0 Å². The molecule has 0 saturated carbocycles. The van der Waals surface area contributed by atoms with E-state index in [-0.39, 0.29) is 11.8 Å². The van der Waals surface area contributed by atoms with Gasteiger partial charge in [0.1, 0.15) is 0 Å². The van der Waals surface area contributed by atoms with E-state index in [4.69, 9.17) is 4.74 Å². The van der Waals surface area contributed by atoms with E-state index >= 15 is 0 Å². The van der Waals surface area contributed by atoms with Crippen molar-refractivity contribution in [2.45, 2.75) is 57.8 Å². The molecule has 148 valence electrons. The fourth-order valence-corrected chi connectivity index (χ4v) is 5.55. The van der Waals surface area contributed by atoms with E-state index in [1.807, 2.05) is 4.90 Å². The van der Waals surface area contributed by atoms with Crippen LogP contribution in [0.5, 0.6) is 0 Å². The molecule has 1 aliphatic carbocycles. The molecule has 0 radical (unpaired) electrons. The van der Waals surface area contributed by atoms with Crippen LogP contribution in [0, 0.1) is 5.41 Å². The molecule has 0 atom stereocenters. The first-order valence-electron chi connectivity index (χ1n) is 10.4. The predicted molar refractivity (Wildman–Crippen MR) is 106 cm³/mol. The average molecular weight is 391 g/mol. The van der Waals surface area contributed by atoms with Crippen molar-refractivity contribution < 1.29 is 14.3 Å². The molecule has 6 heteroatoms. The highest BCUT2D eigenvalue weighted by Crippen LogP contribution is 2.34. The second kappa shape index (κ2) is 8.31. The van der Waals surface area contributed by atoms with E-state index in [1.54, 1.807) is 11.3 Å². The Labute approximate surface area is 165 Å². The number of rotatable bonds is 4. The number of fused-ring (bicyclic) bond motifs is 1. The molecule has 4 rings (SSSR count). The van der Waals surface area contributed by atoms with Gasteiger partial charge in [0.25, 0.3) is 5.91 Å². The lowest BCUT2D eigenvalue weighted by atomic mass is 9.78. The number of aryl methyl sites for hydroxylation is 2. The van der Waals surface area contributed by atoms with Crippen LogP contribution in [0.25, 0.3) is 0 Å². The van der Waals surface area contributed by atoms with Crippen LogP contribution in [-0.4, -0.2) is 49.6 Å². The summed E-state index contributed by atoms with van der Waals surface area (Å²) < 4.78 is 5.50. The first-order chi connectivity index (χ1) is 13.2. The second-order valence-electron chi connectivity index (χ2n) is 8.19. The smallest absolute Gasteiger partial charge is 0.261 e. The maximum absolute atomic E-state index is 13.0. The summed E-state index contributed by atoms with van der Waals surface area (Å²) >= 11 is 1.65. The zero-order valence-electron chi connectivity index (χ0n) is 16.1. The van der Waals surface area contributed by atoms with Crippen molar-refractivity contribution in [2.75, 3.05) is 32.8 Å². The third-order valence-electron chi connectivity index (χ3n) is 6.35. The molecule has 0 spiro atoms. The molecular formula is C21H30N2O3S. The van der Waals surface area contributed by atoms with Gasteiger partial charge >= 0.3 is 0 Å². The van der Waals surface area contributed by atoms with Gasteiger partial charge in [-0.05, 0) is 56.6 Å². The molecule has 0 unspecified atom stereocenters. The number of hydrogen-bond acceptors (Lipinski definition) is 4. The molecule has 0 aromatic carbocycles. The molecule has 1 N–H and O–H groups in total. The zero-order valence-corrected chi connectivity index (χ0v) is 16.9. The minimum atomic E-state index is -0.486. The molecular weight excluding hydrogens is 360 g/mol. The van der Waals surface area contributed by atoms with E-state index in [0.717, 1.165) is 37.2 Å². The van der Waals surface area contributed by atoms with Crippen LogP contribution >= 0.6 is 11.3 Å². The van der Waals surface area contributed by atoms with Crippen molar-refractivity contribution in [2.24, 2.45) is 5.41 Å². The number of amides is 2. The van der Waals surface area contributed by atoms with Crippen molar-refractivity contribution in [3.05, 3.63) is 21.4 Å². The van der Waals surface area contributed by atoms with Gasteiger partial charge in [-0.25, -0.2) is 0 Å². The maximum Gasteiger partial charge on any atom is 0.261 e. The third kappa shape index (κ3) is 4.06. The summed E-state index contributed by atoms with van der Waals surface area (Å²) in [7, 11) is 0. The number of carbonyl (C=O) groups is 2. The summed E-state index contributed by atoms with van der Waals surface area (Å²) in [6.45, 7) is 3.33. The highest BCUT2D eigenvalue weighted by Gasteiger charge is 2.44. The highest BCUT2D eigenvalue weighted by molar-refractivity contribution is 7.14. The van der Waals surface area contributed by atoms with Crippen LogP contribution in [0.1, 0.15) is 65.1 Å². The van der Waals surface area contributed by atoms with E-state index < -0.39 is 5.41 Å². The van der Waals surface area contributed by atoms with E-state index in [1.165, 1.54) is 36.1 Å². The van der Waals surface area contributed by atoms with Gasteiger partial charge in [0, 0.05) is 37.7 Å². The molecule has 27 heavy (non-hydrogen) atoms. The Morgan fingerprint density at radius 2 is 1.81 bits per heavy atom. The largest absolute Gasteiger partial charge is 0.381 e. The fraction of sp³-hybridized carbons (Fsp3) is 0.714. The van der Waals surface area contributed by atoms with Gasteiger partial charge in [-0.2, -0.15) is 0 Å². The van der Waals surface area contributed by atoms with Gasteiger partial charge < -0.3 is 15.0 Å². The number of thiophene rings is 1. The number of hydrogen-bond donors (Lipinski definition) is 1. The number of nitrogens with zero attached hydrogens (tertiary/aromatic N) is 1. The van der Waals surface area contributed by atoms with Crippen LogP contribution in [0.4, 0.5) is 0 Å². The average Bonchev–Trinajstić information content (AvgIpc) is 3.01. The van der Waals surface area contributed by atoms with Crippen LogP contribution < -0.4 is 5.32 Å². The summed E-state index contributed by atoms with van der Waals surface area (Å²) in [5.74, 6) is 0.185. The summed E-state index contributed by atoms with van der Waals surface area (Å²) in [6.07, 6.45) is 9.71. The lowest BCUT2D eigenvalue weighted by molar-refractivity contribution is -0.151. The van der Waals surface area contributed by atoms with Crippen molar-refractivity contribution >= 4 is 23.2 Å². The minimum Gasteiger partial charge on any atom is -0.381 e. The van der Waals surface area contributed by atoms with Gasteiger partial charge in [-0.3, -0.25) is 9.59 Å². The monoisotopic (exact) mass is 390 g/mol. The first kappa shape index (κ1) is 18.9. The lowest BCUT2D eigenvalue weighted by Crippen LogP contribution is -2.56. The van der Waals surface area contributed by atoms with E-state index in [0.29, 0.717) is 32.6 Å². The SMILES string of the molecule is O=C(NCC1(C(=O)N2CCC2)CCOCC1)c1cc2c(s1)CCCCCC2. The Balaban J connectivity index is 1.43. The Morgan fingerprint density at radius 3 is 2.52 bits per heavy atom. The van der Waals surface area contributed by atoms with Crippen LogP contribution in [0.3, 0.4) is 0 Å². The fourth-order valence-electron chi connectivity index (χ4n) is 4.38. The molecule has 1 aromatic rings. The maximum atomic E-state index is 13.0. The second-order valence-corrected chi connectivity index (χ2v) is 9.33. The Bertz CT molecular complexity index is 664. The van der Waals surface area contributed by atoms with E-state index in [9.17, 15) is 9.59 Å². The molecule has 1 aromatic heterocycles. The molecule has 2 amide bonds. The van der Waals surface area contributed by atoms with Gasteiger partial charge in [-0.1, -0.05) is 12.8 Å². The topological polar surface area (TPSA) is 58.6 Å². The number of nitrogens with one attached hydrogen (secondary N) is 1. The zero-order chi connectivity index (χ0) is 18.7. The lowest BCUT2D eigenvalue weighted by Gasteiger charge is -2.43. The van der Waals surface area contributed by atoms with Crippen LogP contribution in [-0.2, 0) is 22.4 Å². The Hall–Kier alpha value is -1.40. The molecule has 0 bridgehead atoms. The van der Waals surface area contributed by atoms with Crippen LogP contribution in [0.15, 0.2) is 6.07 Å². The normalized spacial score (nSPS) is 22.1. The number of ether oxygens (including phenoxy) is 1. The molecule has 3 heterocycles. The summed E-state index contributed by atoms with van der Waals surface area (Å²) in [5.41, 5.74) is 0.877. The summed E-state index contributed by atoms with van der Waals surface area (Å²) in [4.78, 5) is 30.0. The van der Waals surface area contributed by atoms with Gasteiger partial charge in [0.05, 0.1) is 10.3 Å². The number of likely N-dealkylation sites (tertiary alicyclic amines) is 1. The Morgan fingerprint density at radius 1 is 1.07 bits per heavy atom. The standard InChI is InChI=1S/C21H30N2O3S/c24-19(18-14-16-6-3-1-2-4-7-17(16)27-18)22-15-21(8-12-26-13-9-21)20(25)23-10-5-11-23/h14H,1-13,15H2,(H,22,24). The summed E-state index contributed by atoms with van der Waals surface area (Å²) in [5, 5.41) is 3.10. The predicted octanol–water partition coefficient (Wildman–Crippen LogP) is 3.17. The molecule has 5 nitrogen and oxygen atoms in total. The third-order valence-corrected chi connectivity index (χ3v) is 7.59. The molecule has 3 aliphatic rings. The molecule has 2 fully saturated rings. The summed E-state index contributed by atoms with van der Waals surface area (Å²) in [6, 6.07) is 2.09. The first-order valence-corrected chi connectivity index (χ1v) is 11.3. The quantitative estimate of drug-likeness (QED) is 0.859. The number of carbonyl (C=O) groups excluding carboxylic acids is 2. The minimum absolute atomic E-state index is 0.0194. The highest BCUT2D eigenvalue weighted by atomic mass is 32.1. The van der Waals surface area contributed by atoms with E-state index in [2.05, 4.69) is 11.4 Å². The van der Waals surface area contributed by atoms with Gasteiger partial charge in [-0.15, -0.1) is 11.3 Å². The van der Waals surface area contributed by atoms with Crippen LogP contribution in [0.2, 0.25) is 0 Å².